The summed E-state index contributed by atoms with van der Waals surface area (Å²) in [4.78, 5) is 24.1. The molecular formula is C21H23NO6. The van der Waals surface area contributed by atoms with Crippen molar-refractivity contribution in [2.24, 2.45) is 0 Å². The van der Waals surface area contributed by atoms with Crippen molar-refractivity contribution in [2.45, 2.75) is 33.4 Å². The summed E-state index contributed by atoms with van der Waals surface area (Å²) >= 11 is 0. The standard InChI is InChI=1S/C21H23NO6/c1-13-5-4-6-17(14(13)2)25-11-20(23)28-15(3)21(24)22-10-16-7-8-18-19(9-16)27-12-26-18/h4-9,15H,10-12H2,1-3H3,(H,22,24)/t15-/m1/s1. The second-order valence-electron chi connectivity index (χ2n) is 6.52. The lowest BCUT2D eigenvalue weighted by molar-refractivity contribution is -0.156. The van der Waals surface area contributed by atoms with Gasteiger partial charge < -0.3 is 24.3 Å². The fourth-order valence-electron chi connectivity index (χ4n) is 2.69. The number of amides is 1. The Morgan fingerprint density at radius 2 is 1.93 bits per heavy atom. The van der Waals surface area contributed by atoms with Crippen LogP contribution in [-0.2, 0) is 20.9 Å². The highest BCUT2D eigenvalue weighted by molar-refractivity contribution is 5.83. The maximum atomic E-state index is 12.2. The number of fused-ring (bicyclic) bond motifs is 1. The second kappa shape index (κ2) is 8.65. The van der Waals surface area contributed by atoms with Crippen LogP contribution in [0, 0.1) is 13.8 Å². The fraction of sp³-hybridized carbons (Fsp3) is 0.333. The molecule has 0 radical (unpaired) electrons. The molecule has 0 spiro atoms. The number of nitrogens with one attached hydrogen (secondary N) is 1. The molecule has 2 aromatic rings. The van der Waals surface area contributed by atoms with Crippen molar-refractivity contribution in [3.63, 3.8) is 0 Å². The van der Waals surface area contributed by atoms with Crippen molar-refractivity contribution in [1.82, 2.24) is 5.32 Å². The summed E-state index contributed by atoms with van der Waals surface area (Å²) in [5.74, 6) is 0.956. The van der Waals surface area contributed by atoms with Crippen molar-refractivity contribution in [3.05, 3.63) is 53.1 Å². The minimum atomic E-state index is -0.927. The Balaban J connectivity index is 1.44. The molecular weight excluding hydrogens is 362 g/mol. The lowest BCUT2D eigenvalue weighted by Crippen LogP contribution is -2.36. The second-order valence-corrected chi connectivity index (χ2v) is 6.52. The molecule has 0 fully saturated rings. The third-order valence-electron chi connectivity index (χ3n) is 4.48. The van der Waals surface area contributed by atoms with Gasteiger partial charge in [0.1, 0.15) is 5.75 Å². The minimum Gasteiger partial charge on any atom is -0.482 e. The third-order valence-corrected chi connectivity index (χ3v) is 4.48. The van der Waals surface area contributed by atoms with E-state index in [0.717, 1.165) is 16.7 Å². The zero-order valence-electron chi connectivity index (χ0n) is 16.1. The molecule has 1 aliphatic rings. The van der Waals surface area contributed by atoms with E-state index in [0.29, 0.717) is 17.2 Å². The van der Waals surface area contributed by atoms with Crippen molar-refractivity contribution in [2.75, 3.05) is 13.4 Å². The first-order valence-electron chi connectivity index (χ1n) is 8.99. The van der Waals surface area contributed by atoms with Crippen LogP contribution >= 0.6 is 0 Å². The number of benzene rings is 2. The smallest absolute Gasteiger partial charge is 0.344 e. The van der Waals surface area contributed by atoms with Crippen LogP contribution in [-0.4, -0.2) is 31.4 Å². The number of carbonyl (C=O) groups excluding carboxylic acids is 2. The average Bonchev–Trinajstić information content (AvgIpc) is 3.15. The van der Waals surface area contributed by atoms with Gasteiger partial charge in [-0.15, -0.1) is 0 Å². The number of hydrogen-bond donors (Lipinski definition) is 1. The van der Waals surface area contributed by atoms with Crippen LogP contribution in [0.15, 0.2) is 36.4 Å². The minimum absolute atomic E-state index is 0.197. The molecule has 0 saturated carbocycles. The first-order chi connectivity index (χ1) is 13.4. The Morgan fingerprint density at radius 1 is 1.14 bits per heavy atom. The fourth-order valence-corrected chi connectivity index (χ4v) is 2.69. The zero-order chi connectivity index (χ0) is 20.1. The summed E-state index contributed by atoms with van der Waals surface area (Å²) in [7, 11) is 0. The van der Waals surface area contributed by atoms with Crippen molar-refractivity contribution < 1.29 is 28.5 Å². The van der Waals surface area contributed by atoms with Crippen LogP contribution in [0.3, 0.4) is 0 Å². The Hall–Kier alpha value is -3.22. The molecule has 0 saturated heterocycles. The largest absolute Gasteiger partial charge is 0.482 e. The molecule has 2 aromatic carbocycles. The van der Waals surface area contributed by atoms with E-state index in [9.17, 15) is 9.59 Å². The first-order valence-corrected chi connectivity index (χ1v) is 8.99. The SMILES string of the molecule is Cc1cccc(OCC(=O)O[C@H](C)C(=O)NCc2ccc3c(c2)OCO3)c1C. The number of esters is 1. The summed E-state index contributed by atoms with van der Waals surface area (Å²) in [5, 5.41) is 2.73. The van der Waals surface area contributed by atoms with E-state index in [1.807, 2.05) is 32.0 Å². The summed E-state index contributed by atoms with van der Waals surface area (Å²) < 4.78 is 21.2. The van der Waals surface area contributed by atoms with Gasteiger partial charge in [-0.1, -0.05) is 18.2 Å². The molecule has 7 nitrogen and oxygen atoms in total. The van der Waals surface area contributed by atoms with Gasteiger partial charge in [0.25, 0.3) is 5.91 Å². The van der Waals surface area contributed by atoms with E-state index >= 15 is 0 Å². The van der Waals surface area contributed by atoms with Gasteiger partial charge in [0.05, 0.1) is 0 Å². The van der Waals surface area contributed by atoms with Crippen LogP contribution in [0.5, 0.6) is 17.2 Å². The number of ether oxygens (including phenoxy) is 4. The molecule has 0 bridgehead atoms. The van der Waals surface area contributed by atoms with Gasteiger partial charge in [-0.3, -0.25) is 4.79 Å². The molecule has 1 aliphatic heterocycles. The van der Waals surface area contributed by atoms with Gasteiger partial charge in [0.2, 0.25) is 6.79 Å². The topological polar surface area (TPSA) is 83.1 Å². The van der Waals surface area contributed by atoms with Crippen LogP contribution < -0.4 is 19.5 Å². The average molecular weight is 385 g/mol. The highest BCUT2D eigenvalue weighted by Gasteiger charge is 2.19. The summed E-state index contributed by atoms with van der Waals surface area (Å²) in [5.41, 5.74) is 2.89. The maximum absolute atomic E-state index is 12.2. The molecule has 7 heteroatoms. The van der Waals surface area contributed by atoms with E-state index in [4.69, 9.17) is 18.9 Å². The lowest BCUT2D eigenvalue weighted by Gasteiger charge is -2.15. The number of aryl methyl sites for hydroxylation is 1. The van der Waals surface area contributed by atoms with E-state index in [-0.39, 0.29) is 19.9 Å². The molecule has 0 unspecified atom stereocenters. The Morgan fingerprint density at radius 3 is 2.75 bits per heavy atom. The summed E-state index contributed by atoms with van der Waals surface area (Å²) in [6.45, 7) is 5.63. The number of carbonyl (C=O) groups is 2. The molecule has 1 N–H and O–H groups in total. The highest BCUT2D eigenvalue weighted by atomic mass is 16.7. The summed E-state index contributed by atoms with van der Waals surface area (Å²) in [6, 6.07) is 11.0. The number of hydrogen-bond acceptors (Lipinski definition) is 6. The lowest BCUT2D eigenvalue weighted by atomic mass is 10.1. The van der Waals surface area contributed by atoms with Gasteiger partial charge in [-0.2, -0.15) is 0 Å². The van der Waals surface area contributed by atoms with Crippen LogP contribution in [0.1, 0.15) is 23.6 Å². The molecule has 28 heavy (non-hydrogen) atoms. The molecule has 0 aromatic heterocycles. The zero-order valence-corrected chi connectivity index (χ0v) is 16.1. The Kier molecular flexibility index (Phi) is 6.03. The van der Waals surface area contributed by atoms with Gasteiger partial charge >= 0.3 is 5.97 Å². The molecule has 0 aliphatic carbocycles. The molecule has 1 atom stereocenters. The molecule has 3 rings (SSSR count). The van der Waals surface area contributed by atoms with E-state index in [2.05, 4.69) is 5.32 Å². The van der Waals surface area contributed by atoms with Crippen LogP contribution in [0.2, 0.25) is 0 Å². The Bertz CT molecular complexity index is 879. The van der Waals surface area contributed by atoms with E-state index in [1.54, 1.807) is 18.2 Å². The molecule has 1 heterocycles. The normalized spacial score (nSPS) is 13.0. The quantitative estimate of drug-likeness (QED) is 0.738. The predicted octanol–water partition coefficient (Wildman–Crippen LogP) is 2.66. The third kappa shape index (κ3) is 4.73. The van der Waals surface area contributed by atoms with Crippen molar-refractivity contribution in [3.8, 4) is 17.2 Å². The van der Waals surface area contributed by atoms with Gasteiger partial charge in [-0.05, 0) is 55.7 Å². The molecule has 148 valence electrons. The monoisotopic (exact) mass is 385 g/mol. The van der Waals surface area contributed by atoms with Gasteiger partial charge in [0, 0.05) is 6.54 Å². The van der Waals surface area contributed by atoms with Crippen LogP contribution in [0.25, 0.3) is 0 Å². The highest BCUT2D eigenvalue weighted by Crippen LogP contribution is 2.32. The Labute approximate surface area is 163 Å². The van der Waals surface area contributed by atoms with E-state index in [1.165, 1.54) is 6.92 Å². The van der Waals surface area contributed by atoms with Gasteiger partial charge in [-0.25, -0.2) is 4.79 Å². The first kappa shape index (κ1) is 19.5. The van der Waals surface area contributed by atoms with E-state index < -0.39 is 18.0 Å². The predicted molar refractivity (Wildman–Crippen MR) is 101 cm³/mol. The van der Waals surface area contributed by atoms with Crippen molar-refractivity contribution in [1.29, 1.82) is 0 Å². The maximum Gasteiger partial charge on any atom is 0.344 e. The van der Waals surface area contributed by atoms with Gasteiger partial charge in [0.15, 0.2) is 24.2 Å². The molecule has 1 amide bonds. The number of rotatable bonds is 7. The summed E-state index contributed by atoms with van der Waals surface area (Å²) in [6.07, 6.45) is -0.927. The van der Waals surface area contributed by atoms with Crippen LogP contribution in [0.4, 0.5) is 0 Å². The van der Waals surface area contributed by atoms with Crippen molar-refractivity contribution >= 4 is 11.9 Å².